The number of benzene rings is 1. The average Bonchev–Trinajstić information content (AvgIpc) is 2.72. The summed E-state index contributed by atoms with van der Waals surface area (Å²) in [7, 11) is 0. The molecule has 0 N–H and O–H groups in total. The Morgan fingerprint density at radius 3 is 1.67 bits per heavy atom. The maximum absolute atomic E-state index is 9.05. The van der Waals surface area contributed by atoms with Crippen molar-refractivity contribution in [2.24, 2.45) is 0 Å². The van der Waals surface area contributed by atoms with Crippen molar-refractivity contribution in [1.82, 2.24) is 0 Å². The summed E-state index contributed by atoms with van der Waals surface area (Å²) in [6, 6.07) is 4.24. The van der Waals surface area contributed by atoms with Gasteiger partial charge in [-0.15, -0.1) is 0 Å². The quantitative estimate of drug-likeness (QED) is 0.673. The Bertz CT molecular complexity index is 570. The summed E-state index contributed by atoms with van der Waals surface area (Å²) >= 11 is 1.60. The number of aryl methyl sites for hydroxylation is 2. The number of hydrogen-bond acceptors (Lipinski definition) is 3. The first kappa shape index (κ1) is 9.71. The molecule has 2 rings (SSSR count). The van der Waals surface area contributed by atoms with Crippen LogP contribution in [0.3, 0.4) is 0 Å². The number of nitriles is 2. The number of nitrogens with zero attached hydrogens (tertiary/aromatic N) is 2. The topological polar surface area (TPSA) is 47.6 Å². The molecule has 2 nitrogen and oxygen atoms in total. The molecule has 1 aromatic carbocycles. The molecule has 0 atom stereocenters. The van der Waals surface area contributed by atoms with Gasteiger partial charge in [-0.3, -0.25) is 0 Å². The molecular formula is C12H8N2S. The smallest absolute Gasteiger partial charge is 0.101 e. The molecule has 0 saturated carbocycles. The minimum atomic E-state index is 0.515. The summed E-state index contributed by atoms with van der Waals surface area (Å²) in [6.45, 7) is 3.79. The standard InChI is InChI=1S/C12H8N2S/c1-7-9(3-13)10(4-14)8(2)12-6-15-5-11(7)12/h5-6H,1-2H3. The van der Waals surface area contributed by atoms with Gasteiger partial charge in [0.15, 0.2) is 0 Å². The summed E-state index contributed by atoms with van der Waals surface area (Å²) in [6.07, 6.45) is 0. The Morgan fingerprint density at radius 2 is 1.33 bits per heavy atom. The number of hydrogen-bond donors (Lipinski definition) is 0. The third-order valence-electron chi connectivity index (χ3n) is 2.69. The molecule has 0 amide bonds. The van der Waals surface area contributed by atoms with Gasteiger partial charge in [-0.05, 0) is 46.5 Å². The van der Waals surface area contributed by atoms with Gasteiger partial charge in [0.25, 0.3) is 0 Å². The van der Waals surface area contributed by atoms with Crippen LogP contribution in [0.4, 0.5) is 0 Å². The lowest BCUT2D eigenvalue weighted by atomic mass is 9.94. The van der Waals surface area contributed by atoms with Crippen LogP contribution in [-0.2, 0) is 0 Å². The van der Waals surface area contributed by atoms with Crippen molar-refractivity contribution >= 4 is 22.1 Å². The molecule has 0 bridgehead atoms. The summed E-state index contributed by atoms with van der Waals surface area (Å²) in [5.41, 5.74) is 2.86. The van der Waals surface area contributed by atoms with E-state index in [-0.39, 0.29) is 0 Å². The van der Waals surface area contributed by atoms with Gasteiger partial charge in [0.2, 0.25) is 0 Å². The molecule has 0 saturated heterocycles. The van der Waals surface area contributed by atoms with Crippen LogP contribution in [0.1, 0.15) is 22.3 Å². The lowest BCUT2D eigenvalue weighted by molar-refractivity contribution is 1.35. The molecule has 0 unspecified atom stereocenters. The third kappa shape index (κ3) is 1.21. The molecule has 0 aliphatic rings. The Balaban J connectivity index is 3.07. The van der Waals surface area contributed by atoms with Crippen LogP contribution < -0.4 is 0 Å². The lowest BCUT2D eigenvalue weighted by Crippen LogP contribution is -1.93. The molecule has 0 fully saturated rings. The van der Waals surface area contributed by atoms with Gasteiger partial charge < -0.3 is 0 Å². The number of rotatable bonds is 0. The van der Waals surface area contributed by atoms with E-state index in [9.17, 15) is 0 Å². The van der Waals surface area contributed by atoms with Crippen molar-refractivity contribution in [2.45, 2.75) is 13.8 Å². The first-order valence-electron chi connectivity index (χ1n) is 4.50. The van der Waals surface area contributed by atoms with Gasteiger partial charge in [0.1, 0.15) is 12.1 Å². The van der Waals surface area contributed by atoms with Crippen LogP contribution in [0.25, 0.3) is 10.8 Å². The monoisotopic (exact) mass is 212 g/mol. The van der Waals surface area contributed by atoms with Gasteiger partial charge in [-0.2, -0.15) is 21.9 Å². The second kappa shape index (κ2) is 3.38. The summed E-state index contributed by atoms with van der Waals surface area (Å²) in [5, 5.41) is 24.3. The van der Waals surface area contributed by atoms with Crippen LogP contribution >= 0.6 is 11.3 Å². The van der Waals surface area contributed by atoms with E-state index in [0.29, 0.717) is 11.1 Å². The summed E-state index contributed by atoms with van der Waals surface area (Å²) in [5.74, 6) is 0. The van der Waals surface area contributed by atoms with E-state index in [1.165, 1.54) is 0 Å². The highest BCUT2D eigenvalue weighted by Gasteiger charge is 2.14. The van der Waals surface area contributed by atoms with Crippen molar-refractivity contribution in [1.29, 1.82) is 10.5 Å². The van der Waals surface area contributed by atoms with E-state index in [1.54, 1.807) is 11.3 Å². The average molecular weight is 212 g/mol. The molecule has 1 aromatic heterocycles. The van der Waals surface area contributed by atoms with Crippen LogP contribution in [0.5, 0.6) is 0 Å². The Morgan fingerprint density at radius 1 is 0.933 bits per heavy atom. The molecule has 15 heavy (non-hydrogen) atoms. The predicted octanol–water partition coefficient (Wildman–Crippen LogP) is 3.26. The van der Waals surface area contributed by atoms with Gasteiger partial charge in [-0.1, -0.05) is 0 Å². The van der Waals surface area contributed by atoms with E-state index in [4.69, 9.17) is 10.5 Å². The molecule has 0 aliphatic heterocycles. The molecule has 0 spiro atoms. The summed E-state index contributed by atoms with van der Waals surface area (Å²) in [4.78, 5) is 0. The van der Waals surface area contributed by atoms with Crippen LogP contribution in [0.2, 0.25) is 0 Å². The van der Waals surface area contributed by atoms with Crippen molar-refractivity contribution in [2.75, 3.05) is 0 Å². The highest BCUT2D eigenvalue weighted by molar-refractivity contribution is 7.09. The van der Waals surface area contributed by atoms with Gasteiger partial charge in [0, 0.05) is 0 Å². The van der Waals surface area contributed by atoms with Gasteiger partial charge in [-0.25, -0.2) is 0 Å². The molecule has 3 heteroatoms. The maximum atomic E-state index is 9.05. The molecule has 72 valence electrons. The first-order valence-corrected chi connectivity index (χ1v) is 5.44. The van der Waals surface area contributed by atoms with Gasteiger partial charge in [0.05, 0.1) is 11.1 Å². The molecule has 2 aromatic rings. The van der Waals surface area contributed by atoms with Crippen molar-refractivity contribution in [3.63, 3.8) is 0 Å². The Hall–Kier alpha value is -1.84. The zero-order valence-corrected chi connectivity index (χ0v) is 9.27. The van der Waals surface area contributed by atoms with E-state index < -0.39 is 0 Å². The van der Waals surface area contributed by atoms with Crippen LogP contribution in [-0.4, -0.2) is 0 Å². The number of fused-ring (bicyclic) bond motifs is 1. The zero-order valence-electron chi connectivity index (χ0n) is 8.46. The minimum absolute atomic E-state index is 0.515. The van der Waals surface area contributed by atoms with Crippen molar-refractivity contribution in [3.8, 4) is 12.1 Å². The second-order valence-corrected chi connectivity index (χ2v) is 4.17. The maximum Gasteiger partial charge on any atom is 0.101 e. The SMILES string of the molecule is Cc1c(C#N)c(C#N)c(C)c2cscc12. The molecule has 1 heterocycles. The lowest BCUT2D eigenvalue weighted by Gasteiger charge is -2.06. The second-order valence-electron chi connectivity index (χ2n) is 3.42. The van der Waals surface area contributed by atoms with Crippen molar-refractivity contribution < 1.29 is 0 Å². The van der Waals surface area contributed by atoms with E-state index in [1.807, 2.05) is 24.6 Å². The van der Waals surface area contributed by atoms with Crippen molar-refractivity contribution in [3.05, 3.63) is 33.0 Å². The third-order valence-corrected chi connectivity index (χ3v) is 3.44. The zero-order chi connectivity index (χ0) is 11.0. The molecular weight excluding hydrogens is 204 g/mol. The minimum Gasteiger partial charge on any atom is -0.192 e. The Kier molecular flexibility index (Phi) is 2.19. The van der Waals surface area contributed by atoms with Crippen LogP contribution in [0, 0.1) is 36.5 Å². The Labute approximate surface area is 92.0 Å². The van der Waals surface area contributed by atoms with Gasteiger partial charge >= 0.3 is 0 Å². The summed E-state index contributed by atoms with van der Waals surface area (Å²) < 4.78 is 0. The number of thiophene rings is 1. The van der Waals surface area contributed by atoms with Crippen LogP contribution in [0.15, 0.2) is 10.8 Å². The first-order chi connectivity index (χ1) is 7.20. The normalized spacial score (nSPS) is 9.87. The predicted molar refractivity (Wildman–Crippen MR) is 60.7 cm³/mol. The molecule has 0 aliphatic carbocycles. The van der Waals surface area contributed by atoms with E-state index in [0.717, 1.165) is 21.9 Å². The molecule has 0 radical (unpaired) electrons. The highest BCUT2D eigenvalue weighted by atomic mass is 32.1. The fraction of sp³-hybridized carbons (Fsp3) is 0.167. The van der Waals surface area contributed by atoms with E-state index >= 15 is 0 Å². The van der Waals surface area contributed by atoms with E-state index in [2.05, 4.69) is 12.1 Å². The fourth-order valence-electron chi connectivity index (χ4n) is 1.80. The largest absolute Gasteiger partial charge is 0.192 e. The fourth-order valence-corrected chi connectivity index (χ4v) is 2.75. The highest BCUT2D eigenvalue weighted by Crippen LogP contribution is 2.31.